The van der Waals surface area contributed by atoms with Crippen LogP contribution < -0.4 is 16.6 Å². The molecule has 0 aromatic carbocycles. The second-order valence-electron chi connectivity index (χ2n) is 5.22. The number of carbonyl (C=O) groups excluding carboxylic acids is 1. The van der Waals surface area contributed by atoms with Crippen LogP contribution in [0.25, 0.3) is 0 Å². The molecule has 19 heavy (non-hydrogen) atoms. The van der Waals surface area contributed by atoms with E-state index in [9.17, 15) is 9.59 Å². The molecule has 1 saturated carbocycles. The first-order valence-electron chi connectivity index (χ1n) is 6.88. The van der Waals surface area contributed by atoms with E-state index in [1.54, 1.807) is 0 Å². The molecule has 0 atom stereocenters. The third-order valence-electron chi connectivity index (χ3n) is 3.67. The zero-order valence-corrected chi connectivity index (χ0v) is 11.1. The van der Waals surface area contributed by atoms with E-state index in [-0.39, 0.29) is 18.0 Å². The van der Waals surface area contributed by atoms with Gasteiger partial charge in [0, 0.05) is 24.5 Å². The van der Waals surface area contributed by atoms with Crippen molar-refractivity contribution >= 4 is 11.6 Å². The standard InChI is InChI=1S/C14H21N3O2/c15-12-5-6-14(19)17(9-12)10-13(18)16-8-7-11-3-1-2-4-11/h5-6,9,11H,1-4,7-8,10,15H2,(H,16,18). The summed E-state index contributed by atoms with van der Waals surface area (Å²) < 4.78 is 1.33. The summed E-state index contributed by atoms with van der Waals surface area (Å²) in [5.41, 5.74) is 5.87. The molecule has 0 spiro atoms. The Hall–Kier alpha value is -1.78. The molecule has 2 rings (SSSR count). The van der Waals surface area contributed by atoms with Gasteiger partial charge >= 0.3 is 0 Å². The molecule has 5 heteroatoms. The predicted octanol–water partition coefficient (Wildman–Crippen LogP) is 1.13. The molecule has 1 fully saturated rings. The molecule has 0 radical (unpaired) electrons. The summed E-state index contributed by atoms with van der Waals surface area (Å²) in [6, 6.07) is 2.91. The summed E-state index contributed by atoms with van der Waals surface area (Å²) in [6.45, 7) is 0.731. The van der Waals surface area contributed by atoms with Gasteiger partial charge in [-0.3, -0.25) is 9.59 Å². The largest absolute Gasteiger partial charge is 0.398 e. The first-order valence-corrected chi connectivity index (χ1v) is 6.88. The molecular weight excluding hydrogens is 242 g/mol. The van der Waals surface area contributed by atoms with E-state index >= 15 is 0 Å². The van der Waals surface area contributed by atoms with Crippen LogP contribution in [0, 0.1) is 5.92 Å². The lowest BCUT2D eigenvalue weighted by atomic mass is 10.0. The summed E-state index contributed by atoms with van der Waals surface area (Å²) in [5, 5.41) is 2.87. The third-order valence-corrected chi connectivity index (χ3v) is 3.67. The van der Waals surface area contributed by atoms with Crippen LogP contribution in [0.5, 0.6) is 0 Å². The van der Waals surface area contributed by atoms with Gasteiger partial charge in [0.15, 0.2) is 0 Å². The minimum Gasteiger partial charge on any atom is -0.398 e. The maximum Gasteiger partial charge on any atom is 0.251 e. The maximum atomic E-state index is 11.7. The Morgan fingerprint density at radius 1 is 1.37 bits per heavy atom. The van der Waals surface area contributed by atoms with E-state index in [1.807, 2.05) is 0 Å². The van der Waals surface area contributed by atoms with Crippen molar-refractivity contribution in [2.45, 2.75) is 38.6 Å². The Morgan fingerprint density at radius 3 is 2.84 bits per heavy atom. The van der Waals surface area contributed by atoms with Crippen LogP contribution in [0.1, 0.15) is 32.1 Å². The molecule has 0 saturated heterocycles. The molecule has 5 nitrogen and oxygen atoms in total. The second-order valence-corrected chi connectivity index (χ2v) is 5.22. The molecule has 1 aromatic rings. The Balaban J connectivity index is 1.77. The van der Waals surface area contributed by atoms with Gasteiger partial charge in [-0.2, -0.15) is 0 Å². The van der Waals surface area contributed by atoms with Crippen LogP contribution in [-0.2, 0) is 11.3 Å². The first kappa shape index (κ1) is 13.6. The smallest absolute Gasteiger partial charge is 0.251 e. The molecule has 104 valence electrons. The van der Waals surface area contributed by atoms with Crippen molar-refractivity contribution in [3.8, 4) is 0 Å². The van der Waals surface area contributed by atoms with Crippen molar-refractivity contribution in [1.82, 2.24) is 9.88 Å². The number of carbonyl (C=O) groups is 1. The Kier molecular flexibility index (Phi) is 4.60. The number of aromatic nitrogens is 1. The number of rotatable bonds is 5. The SMILES string of the molecule is Nc1ccc(=O)n(CC(=O)NCCC2CCCC2)c1. The van der Waals surface area contributed by atoms with E-state index in [1.165, 1.54) is 48.6 Å². The molecular formula is C14H21N3O2. The van der Waals surface area contributed by atoms with Crippen LogP contribution in [-0.4, -0.2) is 17.0 Å². The molecule has 1 aliphatic carbocycles. The second kappa shape index (κ2) is 6.41. The van der Waals surface area contributed by atoms with Crippen molar-refractivity contribution in [3.63, 3.8) is 0 Å². The highest BCUT2D eigenvalue weighted by molar-refractivity contribution is 5.75. The van der Waals surface area contributed by atoms with Crippen molar-refractivity contribution in [1.29, 1.82) is 0 Å². The van der Waals surface area contributed by atoms with Crippen molar-refractivity contribution in [3.05, 3.63) is 28.7 Å². The molecule has 1 heterocycles. The van der Waals surface area contributed by atoms with Gasteiger partial charge < -0.3 is 15.6 Å². The van der Waals surface area contributed by atoms with E-state index in [0.717, 1.165) is 12.3 Å². The molecule has 1 aliphatic rings. The van der Waals surface area contributed by atoms with E-state index in [2.05, 4.69) is 5.32 Å². The summed E-state index contributed by atoms with van der Waals surface area (Å²) >= 11 is 0. The van der Waals surface area contributed by atoms with Gasteiger partial charge in [0.05, 0.1) is 0 Å². The van der Waals surface area contributed by atoms with Gasteiger partial charge in [0.1, 0.15) is 6.54 Å². The van der Waals surface area contributed by atoms with Crippen LogP contribution in [0.15, 0.2) is 23.1 Å². The summed E-state index contributed by atoms with van der Waals surface area (Å²) in [6.07, 6.45) is 7.74. The summed E-state index contributed by atoms with van der Waals surface area (Å²) in [7, 11) is 0. The summed E-state index contributed by atoms with van der Waals surface area (Å²) in [5.74, 6) is 0.626. The minimum atomic E-state index is -0.208. The molecule has 0 bridgehead atoms. The van der Waals surface area contributed by atoms with Gasteiger partial charge in [0.2, 0.25) is 5.91 Å². The topological polar surface area (TPSA) is 77.1 Å². The fourth-order valence-corrected chi connectivity index (χ4v) is 2.60. The van der Waals surface area contributed by atoms with Crippen molar-refractivity contribution < 1.29 is 4.79 Å². The normalized spacial score (nSPS) is 15.6. The molecule has 0 unspecified atom stereocenters. The van der Waals surface area contributed by atoms with Crippen molar-refractivity contribution in [2.75, 3.05) is 12.3 Å². The molecule has 0 aliphatic heterocycles. The number of amides is 1. The van der Waals surface area contributed by atoms with Gasteiger partial charge in [-0.1, -0.05) is 25.7 Å². The number of pyridine rings is 1. The molecule has 1 amide bonds. The van der Waals surface area contributed by atoms with Gasteiger partial charge in [0.25, 0.3) is 5.56 Å². The molecule has 3 N–H and O–H groups in total. The first-order chi connectivity index (χ1) is 9.15. The van der Waals surface area contributed by atoms with Gasteiger partial charge in [-0.15, -0.1) is 0 Å². The van der Waals surface area contributed by atoms with Crippen LogP contribution in [0.3, 0.4) is 0 Å². The number of nitrogens with two attached hydrogens (primary N) is 1. The predicted molar refractivity (Wildman–Crippen MR) is 74.7 cm³/mol. The Labute approximate surface area is 112 Å². The quantitative estimate of drug-likeness (QED) is 0.836. The van der Waals surface area contributed by atoms with E-state index < -0.39 is 0 Å². The van der Waals surface area contributed by atoms with Crippen LogP contribution >= 0.6 is 0 Å². The Morgan fingerprint density at radius 2 is 2.11 bits per heavy atom. The average Bonchev–Trinajstić information content (AvgIpc) is 2.87. The van der Waals surface area contributed by atoms with Crippen LogP contribution in [0.2, 0.25) is 0 Å². The van der Waals surface area contributed by atoms with Crippen molar-refractivity contribution in [2.24, 2.45) is 5.92 Å². The number of hydrogen-bond donors (Lipinski definition) is 2. The highest BCUT2D eigenvalue weighted by Gasteiger charge is 2.14. The fourth-order valence-electron chi connectivity index (χ4n) is 2.60. The van der Waals surface area contributed by atoms with E-state index in [0.29, 0.717) is 12.2 Å². The lowest BCUT2D eigenvalue weighted by Gasteiger charge is -2.10. The van der Waals surface area contributed by atoms with E-state index in [4.69, 9.17) is 5.73 Å². The average molecular weight is 263 g/mol. The van der Waals surface area contributed by atoms with Gasteiger partial charge in [-0.25, -0.2) is 0 Å². The highest BCUT2D eigenvalue weighted by atomic mass is 16.2. The molecule has 1 aromatic heterocycles. The third kappa shape index (κ3) is 4.12. The maximum absolute atomic E-state index is 11.7. The number of nitrogens with one attached hydrogen (secondary N) is 1. The number of anilines is 1. The lowest BCUT2D eigenvalue weighted by molar-refractivity contribution is -0.121. The lowest BCUT2D eigenvalue weighted by Crippen LogP contribution is -2.33. The number of nitrogens with zero attached hydrogens (tertiary/aromatic N) is 1. The minimum absolute atomic E-state index is 0.0362. The zero-order valence-electron chi connectivity index (χ0n) is 11.1. The highest BCUT2D eigenvalue weighted by Crippen LogP contribution is 2.26. The monoisotopic (exact) mass is 263 g/mol. The van der Waals surface area contributed by atoms with Crippen LogP contribution in [0.4, 0.5) is 5.69 Å². The summed E-state index contributed by atoms with van der Waals surface area (Å²) in [4.78, 5) is 23.3. The Bertz CT molecular complexity index is 490. The number of nitrogen functional groups attached to an aromatic ring is 1. The van der Waals surface area contributed by atoms with Gasteiger partial charge in [-0.05, 0) is 18.4 Å². The zero-order chi connectivity index (χ0) is 13.7. The number of hydrogen-bond acceptors (Lipinski definition) is 3. The fraction of sp³-hybridized carbons (Fsp3) is 0.571.